The predicted octanol–water partition coefficient (Wildman–Crippen LogP) is 4.35. The highest BCUT2D eigenvalue weighted by atomic mass is 35.5. The van der Waals surface area contributed by atoms with Crippen LogP contribution in [0.1, 0.15) is 10.8 Å². The molecule has 0 radical (unpaired) electrons. The third-order valence-corrected chi connectivity index (χ3v) is 4.08. The Kier molecular flexibility index (Phi) is 4.88. The van der Waals surface area contributed by atoms with Crippen LogP contribution >= 0.6 is 23.4 Å². The van der Waals surface area contributed by atoms with E-state index < -0.39 is 0 Å². The average Bonchev–Trinajstić information content (AvgIpc) is 2.46. The number of halogens is 1. The van der Waals surface area contributed by atoms with Gasteiger partial charge in [0.25, 0.3) is 0 Å². The summed E-state index contributed by atoms with van der Waals surface area (Å²) in [5, 5.41) is 0.266. The van der Waals surface area contributed by atoms with Crippen LogP contribution in [-0.2, 0) is 9.53 Å². The van der Waals surface area contributed by atoms with Gasteiger partial charge in [-0.2, -0.15) is 0 Å². The van der Waals surface area contributed by atoms with Crippen LogP contribution in [0.15, 0.2) is 59.5 Å². The monoisotopic (exact) mass is 292 g/mol. The van der Waals surface area contributed by atoms with Crippen LogP contribution < -0.4 is 0 Å². The van der Waals surface area contributed by atoms with Gasteiger partial charge >= 0.3 is 5.97 Å². The maximum Gasteiger partial charge on any atom is 0.323 e. The molecule has 0 aliphatic rings. The van der Waals surface area contributed by atoms with Gasteiger partial charge in [-0.1, -0.05) is 41.9 Å². The van der Waals surface area contributed by atoms with Gasteiger partial charge in [-0.05, 0) is 29.8 Å². The fourth-order valence-corrected chi connectivity index (χ4v) is 2.83. The first-order valence-corrected chi connectivity index (χ1v) is 7.01. The number of carbonyl (C=O) groups excluding carboxylic acids is 1. The van der Waals surface area contributed by atoms with Crippen LogP contribution in [0.3, 0.4) is 0 Å². The lowest BCUT2D eigenvalue weighted by Crippen LogP contribution is -2.11. The molecule has 0 aliphatic heterocycles. The zero-order valence-corrected chi connectivity index (χ0v) is 11.9. The molecule has 4 heteroatoms. The molecular formula is C15H13ClO2S. The molecule has 0 aliphatic carbocycles. The average molecular weight is 293 g/mol. The van der Waals surface area contributed by atoms with Crippen molar-refractivity contribution in [2.75, 3.05) is 7.11 Å². The van der Waals surface area contributed by atoms with Crippen molar-refractivity contribution in [1.82, 2.24) is 0 Å². The van der Waals surface area contributed by atoms with E-state index in [2.05, 4.69) is 0 Å². The molecule has 1 atom stereocenters. The van der Waals surface area contributed by atoms with Crippen LogP contribution in [0.4, 0.5) is 0 Å². The first-order chi connectivity index (χ1) is 9.20. The van der Waals surface area contributed by atoms with E-state index in [9.17, 15) is 4.79 Å². The summed E-state index contributed by atoms with van der Waals surface area (Å²) >= 11 is 7.33. The molecule has 1 unspecified atom stereocenters. The second-order valence-corrected chi connectivity index (χ2v) is 5.50. The topological polar surface area (TPSA) is 26.3 Å². The Morgan fingerprint density at radius 3 is 2.32 bits per heavy atom. The van der Waals surface area contributed by atoms with Crippen LogP contribution in [0, 0.1) is 0 Å². The molecule has 0 saturated heterocycles. The number of esters is 1. The minimum absolute atomic E-state index is 0.267. The van der Waals surface area contributed by atoms with Gasteiger partial charge in [0.15, 0.2) is 0 Å². The Hall–Kier alpha value is -1.45. The Labute approximate surface area is 121 Å². The number of rotatable bonds is 4. The molecular weight excluding hydrogens is 280 g/mol. The first kappa shape index (κ1) is 14.0. The third kappa shape index (κ3) is 3.75. The number of ether oxygens (including phenoxy) is 1. The Morgan fingerprint density at radius 1 is 1.11 bits per heavy atom. The van der Waals surface area contributed by atoms with Crippen molar-refractivity contribution in [3.63, 3.8) is 0 Å². The molecule has 2 aromatic carbocycles. The van der Waals surface area contributed by atoms with E-state index in [1.807, 2.05) is 42.5 Å². The SMILES string of the molecule is COC(=O)C(Sc1ccccc1)c1ccc(Cl)cc1. The van der Waals surface area contributed by atoms with E-state index in [0.29, 0.717) is 5.02 Å². The number of carbonyl (C=O) groups is 1. The van der Waals surface area contributed by atoms with Crippen LogP contribution in [0.2, 0.25) is 5.02 Å². The standard InChI is InChI=1S/C15H13ClO2S/c1-18-15(17)14(11-7-9-12(16)10-8-11)19-13-5-3-2-4-6-13/h2-10,14H,1H3. The normalized spacial score (nSPS) is 11.9. The van der Waals surface area contributed by atoms with Gasteiger partial charge in [0.05, 0.1) is 7.11 Å². The molecule has 2 nitrogen and oxygen atoms in total. The molecule has 0 spiro atoms. The van der Waals surface area contributed by atoms with Gasteiger partial charge in [-0.25, -0.2) is 0 Å². The highest BCUT2D eigenvalue weighted by molar-refractivity contribution is 8.00. The van der Waals surface area contributed by atoms with Crippen molar-refractivity contribution in [2.24, 2.45) is 0 Å². The van der Waals surface area contributed by atoms with Gasteiger partial charge < -0.3 is 4.74 Å². The lowest BCUT2D eigenvalue weighted by Gasteiger charge is -2.14. The van der Waals surface area contributed by atoms with E-state index >= 15 is 0 Å². The molecule has 2 rings (SSSR count). The van der Waals surface area contributed by atoms with Gasteiger partial charge in [0.2, 0.25) is 0 Å². The maximum atomic E-state index is 11.9. The summed E-state index contributed by atoms with van der Waals surface area (Å²) in [5.74, 6) is -0.267. The van der Waals surface area contributed by atoms with E-state index in [0.717, 1.165) is 10.5 Å². The minimum atomic E-state index is -0.385. The van der Waals surface area contributed by atoms with Crippen molar-refractivity contribution in [1.29, 1.82) is 0 Å². The zero-order valence-electron chi connectivity index (χ0n) is 10.4. The zero-order chi connectivity index (χ0) is 13.7. The molecule has 0 bridgehead atoms. The van der Waals surface area contributed by atoms with Crippen molar-refractivity contribution in [3.05, 3.63) is 65.2 Å². The number of hydrogen-bond acceptors (Lipinski definition) is 3. The lowest BCUT2D eigenvalue weighted by molar-refractivity contribution is -0.140. The molecule has 0 saturated carbocycles. The second kappa shape index (κ2) is 6.64. The first-order valence-electron chi connectivity index (χ1n) is 5.75. The van der Waals surface area contributed by atoms with Gasteiger partial charge in [0, 0.05) is 9.92 Å². The van der Waals surface area contributed by atoms with Crippen LogP contribution in [0.25, 0.3) is 0 Å². The highest BCUT2D eigenvalue weighted by Gasteiger charge is 2.22. The largest absolute Gasteiger partial charge is 0.468 e. The van der Waals surface area contributed by atoms with Crippen molar-refractivity contribution in [2.45, 2.75) is 10.1 Å². The quantitative estimate of drug-likeness (QED) is 0.619. The summed E-state index contributed by atoms with van der Waals surface area (Å²) in [6, 6.07) is 17.0. The number of benzene rings is 2. The summed E-state index contributed by atoms with van der Waals surface area (Å²) in [7, 11) is 1.40. The molecule has 98 valence electrons. The number of hydrogen-bond donors (Lipinski definition) is 0. The number of methoxy groups -OCH3 is 1. The molecule has 0 fully saturated rings. The second-order valence-electron chi connectivity index (χ2n) is 3.89. The molecule has 2 aromatic rings. The van der Waals surface area contributed by atoms with Crippen LogP contribution in [0.5, 0.6) is 0 Å². The van der Waals surface area contributed by atoms with E-state index in [1.165, 1.54) is 18.9 Å². The van der Waals surface area contributed by atoms with Crippen molar-refractivity contribution < 1.29 is 9.53 Å². The van der Waals surface area contributed by atoms with E-state index in [-0.39, 0.29) is 11.2 Å². The fourth-order valence-electron chi connectivity index (χ4n) is 1.63. The maximum absolute atomic E-state index is 11.9. The van der Waals surface area contributed by atoms with Crippen molar-refractivity contribution in [3.8, 4) is 0 Å². The molecule has 0 heterocycles. The molecule has 19 heavy (non-hydrogen) atoms. The Morgan fingerprint density at radius 2 is 1.74 bits per heavy atom. The summed E-state index contributed by atoms with van der Waals surface area (Å²) in [4.78, 5) is 12.9. The summed E-state index contributed by atoms with van der Waals surface area (Å²) < 4.78 is 4.88. The Bertz CT molecular complexity index is 540. The summed E-state index contributed by atoms with van der Waals surface area (Å²) in [6.07, 6.45) is 0. The number of thioether (sulfide) groups is 1. The summed E-state index contributed by atoms with van der Waals surface area (Å²) in [5.41, 5.74) is 0.880. The third-order valence-electron chi connectivity index (χ3n) is 2.59. The van der Waals surface area contributed by atoms with Gasteiger partial charge in [-0.15, -0.1) is 11.8 Å². The summed E-state index contributed by atoms with van der Waals surface area (Å²) in [6.45, 7) is 0. The minimum Gasteiger partial charge on any atom is -0.468 e. The molecule has 0 N–H and O–H groups in total. The molecule has 0 amide bonds. The Balaban J connectivity index is 2.26. The molecule has 0 aromatic heterocycles. The van der Waals surface area contributed by atoms with Crippen LogP contribution in [-0.4, -0.2) is 13.1 Å². The van der Waals surface area contributed by atoms with E-state index in [4.69, 9.17) is 16.3 Å². The predicted molar refractivity (Wildman–Crippen MR) is 78.5 cm³/mol. The lowest BCUT2D eigenvalue weighted by atomic mass is 10.1. The fraction of sp³-hybridized carbons (Fsp3) is 0.133. The highest BCUT2D eigenvalue weighted by Crippen LogP contribution is 2.36. The van der Waals surface area contributed by atoms with Gasteiger partial charge in [-0.3, -0.25) is 4.79 Å². The smallest absolute Gasteiger partial charge is 0.323 e. The van der Waals surface area contributed by atoms with Crippen molar-refractivity contribution >= 4 is 29.3 Å². The van der Waals surface area contributed by atoms with Gasteiger partial charge in [0.1, 0.15) is 5.25 Å². The van der Waals surface area contributed by atoms with E-state index in [1.54, 1.807) is 12.1 Å².